The Kier molecular flexibility index (Phi) is 2.48. The number of nitrogens with zero attached hydrogens (tertiary/aromatic N) is 1. The van der Waals surface area contributed by atoms with Crippen molar-refractivity contribution in [1.29, 1.82) is 0 Å². The molecule has 0 aromatic carbocycles. The summed E-state index contributed by atoms with van der Waals surface area (Å²) in [6.45, 7) is 0.555. The summed E-state index contributed by atoms with van der Waals surface area (Å²) >= 11 is 0. The number of carboxylic acid groups (broad SMARTS) is 1. The second-order valence-corrected chi connectivity index (χ2v) is 6.06. The molecule has 3 N–H and O–H groups in total. The minimum atomic E-state index is -4.56. The van der Waals surface area contributed by atoms with Crippen molar-refractivity contribution in [3.8, 4) is 0 Å². The van der Waals surface area contributed by atoms with E-state index < -0.39 is 26.9 Å². The maximum Gasteiger partial charge on any atom is 0.311 e. The Hall–Kier alpha value is -1.80. The maximum atomic E-state index is 11.5. The van der Waals surface area contributed by atoms with Gasteiger partial charge in [0.05, 0.1) is 17.7 Å². The van der Waals surface area contributed by atoms with Crippen LogP contribution in [0, 0.1) is 5.92 Å². The quantitative estimate of drug-likeness (QED) is 0.606. The molecule has 0 aliphatic carbocycles. The van der Waals surface area contributed by atoms with E-state index in [2.05, 4.69) is 5.32 Å². The fourth-order valence-electron chi connectivity index (χ4n) is 2.84. The van der Waals surface area contributed by atoms with Crippen molar-refractivity contribution in [2.45, 2.75) is 12.5 Å². The first-order valence-corrected chi connectivity index (χ1v) is 7.19. The van der Waals surface area contributed by atoms with Gasteiger partial charge >= 0.3 is 5.97 Å². The van der Waals surface area contributed by atoms with Gasteiger partial charge in [-0.3, -0.25) is 9.35 Å². The van der Waals surface area contributed by atoms with Crippen molar-refractivity contribution >= 4 is 16.1 Å². The molecule has 7 nitrogen and oxygen atoms in total. The van der Waals surface area contributed by atoms with Crippen LogP contribution in [0.25, 0.3) is 0 Å². The lowest BCUT2D eigenvalue weighted by Gasteiger charge is -2.36. The average Bonchev–Trinajstić information content (AvgIpc) is 2.72. The number of nitrogens with one attached hydrogen (secondary N) is 1. The highest BCUT2D eigenvalue weighted by atomic mass is 32.2. The van der Waals surface area contributed by atoms with E-state index >= 15 is 0 Å². The number of hydrogen-bond donors (Lipinski definition) is 3. The lowest BCUT2D eigenvalue weighted by molar-refractivity contribution is -0.141. The lowest BCUT2D eigenvalue weighted by Crippen LogP contribution is -2.41. The van der Waals surface area contributed by atoms with Gasteiger partial charge in [0.1, 0.15) is 10.7 Å². The van der Waals surface area contributed by atoms with E-state index in [0.29, 0.717) is 6.54 Å². The Morgan fingerprint density at radius 3 is 2.84 bits per heavy atom. The standard InChI is InChI=1S/C11H12N2O5S/c14-11(15)7-4-6-5-12-9-3-1-2-8(13(6)9)10(7)19(16,17)18/h1-3,6-7,12H,4-5H2,(H,14,15)(H,16,17,18). The minimum Gasteiger partial charge on any atom is -0.481 e. The van der Waals surface area contributed by atoms with Crippen LogP contribution in [-0.2, 0) is 14.9 Å². The summed E-state index contributed by atoms with van der Waals surface area (Å²) in [5.74, 6) is -1.72. The monoisotopic (exact) mass is 284 g/mol. The topological polar surface area (TPSA) is 107 Å². The van der Waals surface area contributed by atoms with Crippen molar-refractivity contribution in [2.75, 3.05) is 6.54 Å². The fourth-order valence-corrected chi connectivity index (χ4v) is 3.83. The van der Waals surface area contributed by atoms with Crippen molar-refractivity contribution in [3.05, 3.63) is 34.7 Å². The molecule has 0 aromatic heterocycles. The molecule has 0 bridgehead atoms. The summed E-state index contributed by atoms with van der Waals surface area (Å²) in [7, 11) is -4.56. The summed E-state index contributed by atoms with van der Waals surface area (Å²) in [6, 6.07) is -0.113. The molecular formula is C11H12N2O5S. The maximum absolute atomic E-state index is 11.5. The molecule has 0 amide bonds. The first kappa shape index (κ1) is 12.2. The summed E-state index contributed by atoms with van der Waals surface area (Å²) < 4.78 is 32.4. The van der Waals surface area contributed by atoms with Crippen molar-refractivity contribution < 1.29 is 22.9 Å². The van der Waals surface area contributed by atoms with Crippen molar-refractivity contribution in [3.63, 3.8) is 0 Å². The number of rotatable bonds is 2. The first-order chi connectivity index (χ1) is 8.89. The number of hydrogen-bond acceptors (Lipinski definition) is 5. The average molecular weight is 284 g/mol. The molecule has 3 aliphatic rings. The van der Waals surface area contributed by atoms with Crippen LogP contribution in [-0.4, -0.2) is 41.5 Å². The predicted octanol–water partition coefficient (Wildman–Crippen LogP) is -0.125. The van der Waals surface area contributed by atoms with Gasteiger partial charge in [0.2, 0.25) is 0 Å². The Labute approximate surface area is 109 Å². The smallest absolute Gasteiger partial charge is 0.311 e. The van der Waals surface area contributed by atoms with E-state index in [-0.39, 0.29) is 18.2 Å². The van der Waals surface area contributed by atoms with Crippen molar-refractivity contribution in [1.82, 2.24) is 10.2 Å². The summed E-state index contributed by atoms with van der Waals surface area (Å²) in [5, 5.41) is 12.3. The lowest BCUT2D eigenvalue weighted by atomic mass is 9.92. The molecule has 19 heavy (non-hydrogen) atoms. The Balaban J connectivity index is 2.24. The van der Waals surface area contributed by atoms with Crippen LogP contribution in [0.5, 0.6) is 0 Å². The zero-order valence-electron chi connectivity index (χ0n) is 9.78. The number of aliphatic carboxylic acids is 1. The zero-order chi connectivity index (χ0) is 13.8. The third kappa shape index (κ3) is 1.75. The van der Waals surface area contributed by atoms with Gasteiger partial charge in [-0.05, 0) is 18.6 Å². The van der Waals surface area contributed by atoms with Crippen LogP contribution in [0.2, 0.25) is 0 Å². The summed E-state index contributed by atoms with van der Waals surface area (Å²) in [4.78, 5) is 12.6. The molecule has 1 saturated heterocycles. The van der Waals surface area contributed by atoms with E-state index in [9.17, 15) is 22.9 Å². The van der Waals surface area contributed by atoms with E-state index in [1.165, 1.54) is 6.08 Å². The summed E-state index contributed by atoms with van der Waals surface area (Å²) in [6.07, 6.45) is 5.08. The molecule has 2 atom stereocenters. The van der Waals surface area contributed by atoms with Gasteiger partial charge in [0, 0.05) is 6.54 Å². The molecule has 0 saturated carbocycles. The first-order valence-electron chi connectivity index (χ1n) is 5.75. The molecule has 3 aliphatic heterocycles. The van der Waals surface area contributed by atoms with Crippen molar-refractivity contribution in [2.24, 2.45) is 5.92 Å². The van der Waals surface area contributed by atoms with Gasteiger partial charge in [0.15, 0.2) is 0 Å². The molecule has 1 fully saturated rings. The highest BCUT2D eigenvalue weighted by molar-refractivity contribution is 7.89. The Morgan fingerprint density at radius 1 is 1.47 bits per heavy atom. The SMILES string of the molecule is O=C(O)C1CC2CNC3=CC=CC(=C1S(=O)(=O)O)N32. The molecule has 0 spiro atoms. The predicted molar refractivity (Wildman–Crippen MR) is 65.2 cm³/mol. The van der Waals surface area contributed by atoms with Gasteiger partial charge in [0.25, 0.3) is 10.1 Å². The van der Waals surface area contributed by atoms with Gasteiger partial charge in [-0.25, -0.2) is 0 Å². The van der Waals surface area contributed by atoms with E-state index in [1.54, 1.807) is 17.1 Å². The molecule has 3 rings (SSSR count). The normalized spacial score (nSPS) is 28.9. The van der Waals surface area contributed by atoms with Gasteiger partial charge in [-0.15, -0.1) is 0 Å². The Bertz CT molecular complexity index is 646. The third-order valence-electron chi connectivity index (χ3n) is 3.56. The second-order valence-electron chi connectivity index (χ2n) is 4.67. The van der Waals surface area contributed by atoms with Crippen LogP contribution < -0.4 is 5.32 Å². The molecule has 102 valence electrons. The molecule has 0 aromatic rings. The molecular weight excluding hydrogens is 272 g/mol. The second kappa shape index (κ2) is 3.84. The minimum absolute atomic E-state index is 0.113. The van der Waals surface area contributed by atoms with Crippen LogP contribution in [0.4, 0.5) is 0 Å². The fraction of sp³-hybridized carbons (Fsp3) is 0.364. The highest BCUT2D eigenvalue weighted by Gasteiger charge is 2.46. The van der Waals surface area contributed by atoms with E-state index in [1.807, 2.05) is 0 Å². The molecule has 0 radical (unpaired) electrons. The van der Waals surface area contributed by atoms with Gasteiger partial charge in [-0.2, -0.15) is 8.42 Å². The number of carbonyl (C=O) groups is 1. The largest absolute Gasteiger partial charge is 0.481 e. The zero-order valence-corrected chi connectivity index (χ0v) is 10.6. The molecule has 3 heterocycles. The van der Waals surface area contributed by atoms with Crippen LogP contribution in [0.3, 0.4) is 0 Å². The van der Waals surface area contributed by atoms with Crippen LogP contribution in [0.15, 0.2) is 34.7 Å². The molecule has 8 heteroatoms. The van der Waals surface area contributed by atoms with Crippen LogP contribution in [0.1, 0.15) is 6.42 Å². The van der Waals surface area contributed by atoms with E-state index in [0.717, 1.165) is 5.82 Å². The Morgan fingerprint density at radius 2 is 2.21 bits per heavy atom. The number of carboxylic acids is 1. The van der Waals surface area contributed by atoms with E-state index in [4.69, 9.17) is 0 Å². The number of allylic oxidation sites excluding steroid dienone is 3. The van der Waals surface area contributed by atoms with Crippen LogP contribution >= 0.6 is 0 Å². The highest BCUT2D eigenvalue weighted by Crippen LogP contribution is 2.40. The van der Waals surface area contributed by atoms with Gasteiger partial charge in [-0.1, -0.05) is 6.08 Å². The summed E-state index contributed by atoms with van der Waals surface area (Å²) in [5.41, 5.74) is 0.244. The third-order valence-corrected chi connectivity index (χ3v) is 4.61. The molecule has 2 unspecified atom stereocenters. The van der Waals surface area contributed by atoms with Gasteiger partial charge < -0.3 is 15.3 Å².